The Bertz CT molecular complexity index is 887. The van der Waals surface area contributed by atoms with Crippen molar-refractivity contribution in [1.82, 2.24) is 10.2 Å². The normalized spacial score (nSPS) is 11.7. The van der Waals surface area contributed by atoms with Gasteiger partial charge in [-0.2, -0.15) is 0 Å². The minimum Gasteiger partial charge on any atom is -0.494 e. The number of rotatable bonds is 12. The van der Waals surface area contributed by atoms with Gasteiger partial charge in [-0.15, -0.1) is 0 Å². The van der Waals surface area contributed by atoms with Crippen LogP contribution >= 0.6 is 23.2 Å². The lowest BCUT2D eigenvalue weighted by molar-refractivity contribution is -0.141. The van der Waals surface area contributed by atoms with Crippen molar-refractivity contribution in [3.63, 3.8) is 0 Å². The second-order valence-electron chi connectivity index (χ2n) is 7.75. The number of nitrogens with zero attached hydrogens (tertiary/aromatic N) is 1. The second kappa shape index (κ2) is 13.3. The molecule has 0 unspecified atom stereocenters. The number of carbonyl (C=O) groups excluding carboxylic acids is 2. The molecule has 2 rings (SSSR count). The maximum absolute atomic E-state index is 13.2. The molecule has 0 fully saturated rings. The van der Waals surface area contributed by atoms with Crippen LogP contribution in [0.4, 0.5) is 0 Å². The van der Waals surface area contributed by atoms with Gasteiger partial charge in [-0.3, -0.25) is 9.59 Å². The molecule has 174 valence electrons. The first-order chi connectivity index (χ1) is 15.3. The summed E-state index contributed by atoms with van der Waals surface area (Å²) in [6, 6.07) is 12.5. The van der Waals surface area contributed by atoms with Crippen LogP contribution < -0.4 is 10.1 Å². The molecule has 0 bridgehead atoms. The average molecular weight is 479 g/mol. The summed E-state index contributed by atoms with van der Waals surface area (Å²) in [5, 5.41) is 3.79. The number of aryl methyl sites for hydroxylation is 1. The molecule has 0 aliphatic rings. The molecule has 7 heteroatoms. The first-order valence-electron chi connectivity index (χ1n) is 11.1. The van der Waals surface area contributed by atoms with Gasteiger partial charge in [0.1, 0.15) is 11.8 Å². The fourth-order valence-corrected chi connectivity index (χ4v) is 3.63. The highest BCUT2D eigenvalue weighted by molar-refractivity contribution is 6.42. The Morgan fingerprint density at radius 1 is 1.06 bits per heavy atom. The summed E-state index contributed by atoms with van der Waals surface area (Å²) in [4.78, 5) is 27.6. The molecule has 0 aliphatic heterocycles. The number of hydrogen-bond acceptors (Lipinski definition) is 3. The van der Waals surface area contributed by atoms with E-state index in [9.17, 15) is 9.59 Å². The number of nitrogens with one attached hydrogen (secondary N) is 1. The van der Waals surface area contributed by atoms with Crippen LogP contribution in [-0.4, -0.2) is 35.9 Å². The molecule has 2 amide bonds. The van der Waals surface area contributed by atoms with E-state index in [1.54, 1.807) is 17.0 Å². The predicted molar refractivity (Wildman–Crippen MR) is 130 cm³/mol. The van der Waals surface area contributed by atoms with Crippen molar-refractivity contribution in [2.75, 3.05) is 13.2 Å². The maximum Gasteiger partial charge on any atom is 0.242 e. The molecule has 2 aromatic rings. The third kappa shape index (κ3) is 8.03. The van der Waals surface area contributed by atoms with Crippen LogP contribution in [0, 0.1) is 6.92 Å². The summed E-state index contributed by atoms with van der Waals surface area (Å²) in [7, 11) is 0. The van der Waals surface area contributed by atoms with Gasteiger partial charge in [-0.05, 0) is 56.0 Å². The van der Waals surface area contributed by atoms with Crippen LogP contribution in [-0.2, 0) is 16.1 Å². The summed E-state index contributed by atoms with van der Waals surface area (Å²) < 4.78 is 5.74. The number of hydrogen-bond donors (Lipinski definition) is 1. The monoisotopic (exact) mass is 478 g/mol. The molecule has 5 nitrogen and oxygen atoms in total. The summed E-state index contributed by atoms with van der Waals surface area (Å²) >= 11 is 12.2. The molecule has 0 heterocycles. The predicted octanol–water partition coefficient (Wildman–Crippen LogP) is 5.79. The van der Waals surface area contributed by atoms with Crippen LogP contribution in [0.2, 0.25) is 10.0 Å². The fraction of sp³-hybridized carbons (Fsp3) is 0.440. The zero-order valence-electron chi connectivity index (χ0n) is 19.0. The Morgan fingerprint density at radius 2 is 1.78 bits per heavy atom. The number of carbonyl (C=O) groups is 2. The highest BCUT2D eigenvalue weighted by Crippen LogP contribution is 2.24. The quantitative estimate of drug-likeness (QED) is 0.392. The SMILES string of the molecule is CCCNC(=O)[C@@H](CC)N(Cc1ccc(Cl)c(Cl)c1)C(=O)CCCOc1ccc(C)cc1. The van der Waals surface area contributed by atoms with Gasteiger partial charge in [0.25, 0.3) is 0 Å². The molecule has 1 atom stereocenters. The van der Waals surface area contributed by atoms with Gasteiger partial charge in [0.05, 0.1) is 16.7 Å². The van der Waals surface area contributed by atoms with Crippen LogP contribution in [0.1, 0.15) is 50.7 Å². The zero-order valence-corrected chi connectivity index (χ0v) is 20.5. The third-order valence-corrected chi connectivity index (χ3v) is 5.84. The van der Waals surface area contributed by atoms with E-state index in [-0.39, 0.29) is 24.8 Å². The van der Waals surface area contributed by atoms with E-state index in [0.717, 1.165) is 23.3 Å². The highest BCUT2D eigenvalue weighted by atomic mass is 35.5. The molecule has 32 heavy (non-hydrogen) atoms. The number of ether oxygens (including phenoxy) is 1. The lowest BCUT2D eigenvalue weighted by Gasteiger charge is -2.31. The van der Waals surface area contributed by atoms with E-state index < -0.39 is 6.04 Å². The average Bonchev–Trinajstić information content (AvgIpc) is 2.78. The molecular weight excluding hydrogens is 447 g/mol. The molecular formula is C25H32Cl2N2O3. The number of halogens is 2. The van der Waals surface area contributed by atoms with Crippen LogP contribution in [0.15, 0.2) is 42.5 Å². The molecule has 0 spiro atoms. The smallest absolute Gasteiger partial charge is 0.242 e. The van der Waals surface area contributed by atoms with Crippen molar-refractivity contribution in [2.45, 2.75) is 59.0 Å². The van der Waals surface area contributed by atoms with Crippen LogP contribution in [0.5, 0.6) is 5.75 Å². The summed E-state index contributed by atoms with van der Waals surface area (Å²) in [6.07, 6.45) is 2.18. The molecule has 0 aliphatic carbocycles. The number of amides is 2. The van der Waals surface area contributed by atoms with Crippen molar-refractivity contribution in [3.05, 3.63) is 63.6 Å². The van der Waals surface area contributed by atoms with Crippen LogP contribution in [0.3, 0.4) is 0 Å². The van der Waals surface area contributed by atoms with E-state index in [4.69, 9.17) is 27.9 Å². The Labute approximate surface area is 201 Å². The zero-order chi connectivity index (χ0) is 23.5. The van der Waals surface area contributed by atoms with Gasteiger partial charge in [-0.1, -0.05) is 60.8 Å². The van der Waals surface area contributed by atoms with E-state index in [2.05, 4.69) is 5.32 Å². The Balaban J connectivity index is 2.06. The van der Waals surface area contributed by atoms with E-state index in [1.807, 2.05) is 51.1 Å². The molecule has 0 radical (unpaired) electrons. The van der Waals surface area contributed by atoms with E-state index in [1.165, 1.54) is 0 Å². The second-order valence-corrected chi connectivity index (χ2v) is 8.56. The van der Waals surface area contributed by atoms with Gasteiger partial charge in [-0.25, -0.2) is 0 Å². The first kappa shape index (κ1) is 26.0. The van der Waals surface area contributed by atoms with Gasteiger partial charge >= 0.3 is 0 Å². The standard InChI is InChI=1S/C25H32Cl2N2O3/c1-4-14-28-25(31)23(5-2)29(17-19-10-13-21(26)22(27)16-19)24(30)7-6-15-32-20-11-8-18(3)9-12-20/h8-13,16,23H,4-7,14-15,17H2,1-3H3,(H,28,31)/t23-/m1/s1. The van der Waals surface area contributed by atoms with Gasteiger partial charge < -0.3 is 15.0 Å². The van der Waals surface area contributed by atoms with Crippen molar-refractivity contribution in [3.8, 4) is 5.75 Å². The van der Waals surface area contributed by atoms with Gasteiger partial charge in [0.15, 0.2) is 0 Å². The third-order valence-electron chi connectivity index (χ3n) is 5.10. The molecule has 0 saturated heterocycles. The Morgan fingerprint density at radius 3 is 2.41 bits per heavy atom. The first-order valence-corrected chi connectivity index (χ1v) is 11.8. The summed E-state index contributed by atoms with van der Waals surface area (Å²) in [5.74, 6) is 0.543. The van der Waals surface area contributed by atoms with E-state index >= 15 is 0 Å². The Kier molecular flexibility index (Phi) is 10.8. The topological polar surface area (TPSA) is 58.6 Å². The lowest BCUT2D eigenvalue weighted by Crippen LogP contribution is -2.49. The van der Waals surface area contributed by atoms with Crippen LogP contribution in [0.25, 0.3) is 0 Å². The van der Waals surface area contributed by atoms with E-state index in [0.29, 0.717) is 36.0 Å². The largest absolute Gasteiger partial charge is 0.494 e. The maximum atomic E-state index is 13.2. The van der Waals surface area contributed by atoms with Crippen molar-refractivity contribution < 1.29 is 14.3 Å². The molecule has 0 aromatic heterocycles. The van der Waals surface area contributed by atoms with Gasteiger partial charge in [0, 0.05) is 19.5 Å². The molecule has 1 N–H and O–H groups in total. The van der Waals surface area contributed by atoms with Crippen molar-refractivity contribution in [1.29, 1.82) is 0 Å². The number of benzene rings is 2. The fourth-order valence-electron chi connectivity index (χ4n) is 3.31. The summed E-state index contributed by atoms with van der Waals surface area (Å²) in [6.45, 7) is 7.21. The Hall–Kier alpha value is -2.24. The lowest BCUT2D eigenvalue weighted by atomic mass is 10.1. The summed E-state index contributed by atoms with van der Waals surface area (Å²) in [5.41, 5.74) is 1.99. The van der Waals surface area contributed by atoms with Crippen molar-refractivity contribution in [2.24, 2.45) is 0 Å². The highest BCUT2D eigenvalue weighted by Gasteiger charge is 2.28. The van der Waals surface area contributed by atoms with Crippen molar-refractivity contribution >= 4 is 35.0 Å². The van der Waals surface area contributed by atoms with Gasteiger partial charge in [0.2, 0.25) is 11.8 Å². The minimum absolute atomic E-state index is 0.0953. The minimum atomic E-state index is -0.554. The molecule has 0 saturated carbocycles. The molecule has 2 aromatic carbocycles.